The van der Waals surface area contributed by atoms with E-state index in [0.29, 0.717) is 24.4 Å². The van der Waals surface area contributed by atoms with E-state index in [0.717, 1.165) is 30.4 Å². The lowest BCUT2D eigenvalue weighted by Gasteiger charge is -2.36. The molecule has 0 saturated heterocycles. The van der Waals surface area contributed by atoms with Crippen LogP contribution in [-0.4, -0.2) is 31.9 Å². The zero-order valence-corrected chi connectivity index (χ0v) is 13.1. The molecule has 0 heterocycles. The van der Waals surface area contributed by atoms with E-state index in [1.807, 2.05) is 26.0 Å². The van der Waals surface area contributed by atoms with Gasteiger partial charge >= 0.3 is 0 Å². The molecule has 0 spiro atoms. The Kier molecular flexibility index (Phi) is 4.83. The van der Waals surface area contributed by atoms with E-state index < -0.39 is 10.0 Å². The van der Waals surface area contributed by atoms with Crippen LogP contribution in [-0.2, 0) is 10.0 Å². The minimum Gasteiger partial charge on any atom is -0.330 e. The second-order valence-corrected chi connectivity index (χ2v) is 7.47. The maximum atomic E-state index is 12.9. The second-order valence-electron chi connectivity index (χ2n) is 5.61. The Morgan fingerprint density at radius 1 is 1.30 bits per heavy atom. The Morgan fingerprint density at radius 2 is 2.00 bits per heavy atom. The molecule has 0 aromatic heterocycles. The van der Waals surface area contributed by atoms with Gasteiger partial charge in [-0.2, -0.15) is 4.31 Å². The average Bonchev–Trinajstić information content (AvgIpc) is 2.34. The summed E-state index contributed by atoms with van der Waals surface area (Å²) in [5.74, 6) is 0. The van der Waals surface area contributed by atoms with Crippen LogP contribution in [0.25, 0.3) is 0 Å². The summed E-state index contributed by atoms with van der Waals surface area (Å²) in [6.45, 7) is 4.82. The molecule has 0 amide bonds. The van der Waals surface area contributed by atoms with Gasteiger partial charge in [0.25, 0.3) is 0 Å². The van der Waals surface area contributed by atoms with Crippen LogP contribution in [0.1, 0.15) is 36.8 Å². The predicted molar refractivity (Wildman–Crippen MR) is 81.1 cm³/mol. The lowest BCUT2D eigenvalue weighted by Crippen LogP contribution is -2.45. The van der Waals surface area contributed by atoms with Gasteiger partial charge < -0.3 is 5.73 Å². The largest absolute Gasteiger partial charge is 0.330 e. The first-order chi connectivity index (χ1) is 9.46. The van der Waals surface area contributed by atoms with E-state index in [-0.39, 0.29) is 6.04 Å². The summed E-state index contributed by atoms with van der Waals surface area (Å²) in [5.41, 5.74) is 7.34. The normalized spacial score (nSPS) is 16.4. The smallest absolute Gasteiger partial charge is 0.243 e. The molecule has 5 heteroatoms. The summed E-state index contributed by atoms with van der Waals surface area (Å²) in [5, 5.41) is 0. The fourth-order valence-corrected chi connectivity index (χ4v) is 4.57. The van der Waals surface area contributed by atoms with Gasteiger partial charge in [0.2, 0.25) is 10.0 Å². The molecule has 1 fully saturated rings. The molecule has 20 heavy (non-hydrogen) atoms. The summed E-state index contributed by atoms with van der Waals surface area (Å²) in [6.07, 6.45) is 3.76. The van der Waals surface area contributed by atoms with Gasteiger partial charge in [-0.05, 0) is 56.8 Å². The van der Waals surface area contributed by atoms with Crippen molar-refractivity contribution in [1.82, 2.24) is 4.31 Å². The number of benzene rings is 1. The highest BCUT2D eigenvalue weighted by molar-refractivity contribution is 7.89. The molecule has 1 saturated carbocycles. The Hall–Kier alpha value is -0.910. The van der Waals surface area contributed by atoms with E-state index in [4.69, 9.17) is 5.73 Å². The van der Waals surface area contributed by atoms with Crippen LogP contribution in [0.3, 0.4) is 0 Å². The summed E-state index contributed by atoms with van der Waals surface area (Å²) < 4.78 is 27.5. The van der Waals surface area contributed by atoms with Gasteiger partial charge in [0.1, 0.15) is 0 Å². The van der Waals surface area contributed by atoms with Gasteiger partial charge in [-0.3, -0.25) is 0 Å². The minimum absolute atomic E-state index is 0.159. The second kappa shape index (κ2) is 6.24. The molecule has 2 N–H and O–H groups in total. The minimum atomic E-state index is -3.41. The highest BCUT2D eigenvalue weighted by atomic mass is 32.2. The van der Waals surface area contributed by atoms with Crippen LogP contribution < -0.4 is 5.73 Å². The van der Waals surface area contributed by atoms with Crippen LogP contribution in [0.5, 0.6) is 0 Å². The monoisotopic (exact) mass is 296 g/mol. The van der Waals surface area contributed by atoms with Crippen molar-refractivity contribution in [3.63, 3.8) is 0 Å². The molecule has 0 aliphatic heterocycles. The van der Waals surface area contributed by atoms with E-state index in [1.54, 1.807) is 10.4 Å². The third-order valence-corrected chi connectivity index (χ3v) is 6.09. The summed E-state index contributed by atoms with van der Waals surface area (Å²) in [7, 11) is -3.41. The Balaban J connectivity index is 2.36. The molecular weight excluding hydrogens is 272 g/mol. The number of hydrogen-bond acceptors (Lipinski definition) is 3. The average molecular weight is 296 g/mol. The third kappa shape index (κ3) is 3.05. The molecule has 0 unspecified atom stereocenters. The molecule has 1 aromatic carbocycles. The predicted octanol–water partition coefficient (Wildman–Crippen LogP) is 2.20. The maximum Gasteiger partial charge on any atom is 0.243 e. The van der Waals surface area contributed by atoms with Crippen molar-refractivity contribution in [3.8, 4) is 0 Å². The van der Waals surface area contributed by atoms with Crippen LogP contribution in [0, 0.1) is 13.8 Å². The molecule has 1 aliphatic carbocycles. The van der Waals surface area contributed by atoms with Crippen molar-refractivity contribution in [2.24, 2.45) is 5.73 Å². The summed E-state index contributed by atoms with van der Waals surface area (Å²) in [6, 6.07) is 5.76. The molecule has 2 rings (SSSR count). The van der Waals surface area contributed by atoms with Crippen LogP contribution in [0.4, 0.5) is 0 Å². The van der Waals surface area contributed by atoms with E-state index in [1.165, 1.54) is 0 Å². The molecule has 112 valence electrons. The zero-order valence-electron chi connectivity index (χ0n) is 12.3. The van der Waals surface area contributed by atoms with Gasteiger partial charge in [-0.1, -0.05) is 18.6 Å². The van der Waals surface area contributed by atoms with Crippen LogP contribution in [0.2, 0.25) is 0 Å². The lowest BCUT2D eigenvalue weighted by atomic mass is 9.93. The van der Waals surface area contributed by atoms with Crippen molar-refractivity contribution in [2.45, 2.75) is 50.5 Å². The first kappa shape index (κ1) is 15.5. The number of aryl methyl sites for hydroxylation is 2. The topological polar surface area (TPSA) is 63.4 Å². The number of nitrogens with zero attached hydrogens (tertiary/aromatic N) is 1. The van der Waals surface area contributed by atoms with Gasteiger partial charge in [0, 0.05) is 12.6 Å². The molecule has 1 aliphatic rings. The Bertz CT molecular complexity index is 565. The molecule has 1 aromatic rings. The van der Waals surface area contributed by atoms with Gasteiger partial charge in [0.15, 0.2) is 0 Å². The van der Waals surface area contributed by atoms with Crippen molar-refractivity contribution in [2.75, 3.05) is 13.1 Å². The van der Waals surface area contributed by atoms with Gasteiger partial charge in [-0.15, -0.1) is 0 Å². The van der Waals surface area contributed by atoms with Gasteiger partial charge in [0.05, 0.1) is 4.90 Å². The summed E-state index contributed by atoms with van der Waals surface area (Å²) in [4.78, 5) is 0.446. The number of sulfonamides is 1. The number of rotatable bonds is 6. The molecule has 4 nitrogen and oxygen atoms in total. The standard InChI is InChI=1S/C15H24N2O2S/c1-12-7-8-13(2)15(11-12)20(18,19)17(10-4-9-16)14-5-3-6-14/h7-8,11,14H,3-6,9-10,16H2,1-2H3. The van der Waals surface area contributed by atoms with Gasteiger partial charge in [-0.25, -0.2) is 8.42 Å². The maximum absolute atomic E-state index is 12.9. The summed E-state index contributed by atoms with van der Waals surface area (Å²) >= 11 is 0. The fourth-order valence-electron chi connectivity index (χ4n) is 2.53. The molecule has 0 radical (unpaired) electrons. The highest BCUT2D eigenvalue weighted by Crippen LogP contribution is 2.31. The van der Waals surface area contributed by atoms with Crippen molar-refractivity contribution in [1.29, 1.82) is 0 Å². The van der Waals surface area contributed by atoms with Crippen molar-refractivity contribution in [3.05, 3.63) is 29.3 Å². The first-order valence-corrected chi connectivity index (χ1v) is 8.70. The van der Waals surface area contributed by atoms with E-state index >= 15 is 0 Å². The van der Waals surface area contributed by atoms with Crippen molar-refractivity contribution >= 4 is 10.0 Å². The highest BCUT2D eigenvalue weighted by Gasteiger charge is 2.35. The molecule has 0 bridgehead atoms. The SMILES string of the molecule is Cc1ccc(C)c(S(=O)(=O)N(CCCN)C2CCC2)c1. The third-order valence-electron chi connectivity index (χ3n) is 3.99. The number of hydrogen-bond donors (Lipinski definition) is 1. The fraction of sp³-hybridized carbons (Fsp3) is 0.600. The Morgan fingerprint density at radius 3 is 2.55 bits per heavy atom. The first-order valence-electron chi connectivity index (χ1n) is 7.26. The van der Waals surface area contributed by atoms with E-state index in [2.05, 4.69) is 0 Å². The lowest BCUT2D eigenvalue weighted by molar-refractivity contribution is 0.218. The Labute approximate surface area is 122 Å². The zero-order chi connectivity index (χ0) is 14.8. The van der Waals surface area contributed by atoms with Crippen molar-refractivity contribution < 1.29 is 8.42 Å². The quantitative estimate of drug-likeness (QED) is 0.875. The van der Waals surface area contributed by atoms with Crippen LogP contribution >= 0.6 is 0 Å². The molecular formula is C15H24N2O2S. The number of nitrogens with two attached hydrogens (primary N) is 1. The van der Waals surface area contributed by atoms with Crippen LogP contribution in [0.15, 0.2) is 23.1 Å². The van der Waals surface area contributed by atoms with E-state index in [9.17, 15) is 8.42 Å². The molecule has 0 atom stereocenters.